The van der Waals surface area contributed by atoms with Gasteiger partial charge in [-0.05, 0) is 35.8 Å². The molecule has 1 spiro atoms. The first-order valence-electron chi connectivity index (χ1n) is 8.38. The summed E-state index contributed by atoms with van der Waals surface area (Å²) in [6.07, 6.45) is 1.74. The molecule has 4 rings (SSSR count). The molecule has 2 atom stereocenters. The number of ketones is 2. The quantitative estimate of drug-likeness (QED) is 0.757. The molecule has 1 aromatic carbocycles. The topological polar surface area (TPSA) is 82.1 Å². The molecule has 7 nitrogen and oxygen atoms in total. The monoisotopic (exact) mass is 357 g/mol. The minimum absolute atomic E-state index is 0.110. The number of carbonyl (C=O) groups is 3. The van der Waals surface area contributed by atoms with Crippen molar-refractivity contribution in [2.45, 2.75) is 24.5 Å². The van der Waals surface area contributed by atoms with Gasteiger partial charge in [0.05, 0.1) is 19.8 Å². The fourth-order valence-electron chi connectivity index (χ4n) is 4.42. The Bertz CT molecular complexity index is 873. The number of amides is 1. The number of nitrogens with zero attached hydrogens (tertiary/aromatic N) is 1. The van der Waals surface area contributed by atoms with Crippen LogP contribution < -0.4 is 9.47 Å². The molecule has 2 heterocycles. The van der Waals surface area contributed by atoms with Crippen LogP contribution in [-0.2, 0) is 19.9 Å². The van der Waals surface area contributed by atoms with Gasteiger partial charge in [-0.25, -0.2) is 0 Å². The van der Waals surface area contributed by atoms with Gasteiger partial charge in [-0.3, -0.25) is 14.4 Å². The van der Waals surface area contributed by atoms with Crippen LogP contribution in [0.2, 0.25) is 0 Å². The van der Waals surface area contributed by atoms with Crippen molar-refractivity contribution in [2.75, 3.05) is 27.9 Å². The van der Waals surface area contributed by atoms with E-state index in [1.807, 2.05) is 0 Å². The Kier molecular flexibility index (Phi) is 3.66. The van der Waals surface area contributed by atoms with Crippen LogP contribution in [-0.4, -0.2) is 56.4 Å². The summed E-state index contributed by atoms with van der Waals surface area (Å²) >= 11 is 0. The standard InChI is InChI=1S/C19H19NO6/c1-24-14-7-11-12(8-15(14)25-2)19-9-16(26-3)13(21)6-10(19)4-5-20(19)18(23)17(11)22/h6-8,16H,4-5,9H2,1-3H3/t16-,19+/m1/s1. The fraction of sp³-hybridized carbons (Fsp3) is 0.421. The van der Waals surface area contributed by atoms with Crippen molar-refractivity contribution in [3.8, 4) is 11.5 Å². The Morgan fingerprint density at radius 2 is 1.77 bits per heavy atom. The van der Waals surface area contributed by atoms with E-state index >= 15 is 0 Å². The molecule has 26 heavy (non-hydrogen) atoms. The van der Waals surface area contributed by atoms with Gasteiger partial charge < -0.3 is 19.1 Å². The summed E-state index contributed by atoms with van der Waals surface area (Å²) in [6.45, 7) is 0.397. The molecule has 0 bridgehead atoms. The van der Waals surface area contributed by atoms with Gasteiger partial charge in [0.15, 0.2) is 17.3 Å². The highest BCUT2D eigenvalue weighted by Crippen LogP contribution is 2.54. The van der Waals surface area contributed by atoms with Crippen LogP contribution in [0.25, 0.3) is 0 Å². The largest absolute Gasteiger partial charge is 0.493 e. The van der Waals surface area contributed by atoms with Crippen LogP contribution >= 0.6 is 0 Å². The Balaban J connectivity index is 2.03. The lowest BCUT2D eigenvalue weighted by Crippen LogP contribution is -2.56. The van der Waals surface area contributed by atoms with E-state index in [0.29, 0.717) is 35.6 Å². The van der Waals surface area contributed by atoms with Crippen LogP contribution in [0.3, 0.4) is 0 Å². The van der Waals surface area contributed by atoms with E-state index in [-0.39, 0.29) is 12.2 Å². The second-order valence-electron chi connectivity index (χ2n) is 6.65. The van der Waals surface area contributed by atoms with E-state index in [4.69, 9.17) is 14.2 Å². The summed E-state index contributed by atoms with van der Waals surface area (Å²) in [6, 6.07) is 3.29. The van der Waals surface area contributed by atoms with Crippen molar-refractivity contribution in [3.63, 3.8) is 0 Å². The van der Waals surface area contributed by atoms with Gasteiger partial charge in [0.2, 0.25) is 0 Å². The molecule has 0 aromatic heterocycles. The molecule has 1 saturated heterocycles. The SMILES string of the molecule is COc1cc2c(cc1OC)[C@]13C[C@@H](OC)C(=O)C=C1CCN3C(=O)C2=O. The number of hydrogen-bond acceptors (Lipinski definition) is 6. The molecule has 0 radical (unpaired) electrons. The lowest BCUT2D eigenvalue weighted by atomic mass is 9.70. The summed E-state index contributed by atoms with van der Waals surface area (Å²) in [4.78, 5) is 39.4. The molecule has 136 valence electrons. The van der Waals surface area contributed by atoms with Crippen LogP contribution in [0, 0.1) is 0 Å². The van der Waals surface area contributed by atoms with Crippen LogP contribution in [0.4, 0.5) is 0 Å². The molecule has 3 aliphatic rings. The van der Waals surface area contributed by atoms with Gasteiger partial charge in [0.25, 0.3) is 11.7 Å². The maximum atomic E-state index is 12.8. The van der Waals surface area contributed by atoms with Gasteiger partial charge in [-0.1, -0.05) is 0 Å². The van der Waals surface area contributed by atoms with Gasteiger partial charge >= 0.3 is 0 Å². The first-order valence-corrected chi connectivity index (χ1v) is 8.38. The van der Waals surface area contributed by atoms with Crippen molar-refractivity contribution in [2.24, 2.45) is 0 Å². The van der Waals surface area contributed by atoms with Crippen LogP contribution in [0.5, 0.6) is 11.5 Å². The van der Waals surface area contributed by atoms with E-state index in [2.05, 4.69) is 0 Å². The smallest absolute Gasteiger partial charge is 0.295 e. The Hall–Kier alpha value is -2.67. The number of Topliss-reactive ketones (excluding diaryl/α,β-unsaturated/α-hetero) is 1. The van der Waals surface area contributed by atoms with E-state index in [1.54, 1.807) is 23.1 Å². The first-order chi connectivity index (χ1) is 12.5. The first kappa shape index (κ1) is 16.8. The minimum atomic E-state index is -0.853. The highest BCUT2D eigenvalue weighted by atomic mass is 16.5. The number of fused-ring (bicyclic) bond motifs is 1. The van der Waals surface area contributed by atoms with Crippen molar-refractivity contribution in [1.29, 1.82) is 0 Å². The third kappa shape index (κ3) is 1.94. The Labute approximate surface area is 150 Å². The third-order valence-corrected chi connectivity index (χ3v) is 5.65. The minimum Gasteiger partial charge on any atom is -0.493 e. The van der Waals surface area contributed by atoms with Crippen molar-refractivity contribution >= 4 is 17.5 Å². The Morgan fingerprint density at radius 3 is 2.42 bits per heavy atom. The lowest BCUT2D eigenvalue weighted by molar-refractivity contribution is -0.136. The van der Waals surface area contributed by atoms with Gasteiger partial charge in [-0.15, -0.1) is 0 Å². The van der Waals surface area contributed by atoms with E-state index in [1.165, 1.54) is 21.3 Å². The molecule has 1 amide bonds. The second-order valence-corrected chi connectivity index (χ2v) is 6.65. The summed E-state index contributed by atoms with van der Waals surface area (Å²) in [5.41, 5.74) is 0.943. The normalized spacial score (nSPS) is 26.9. The zero-order chi connectivity index (χ0) is 18.6. The van der Waals surface area contributed by atoms with Crippen molar-refractivity contribution in [1.82, 2.24) is 4.90 Å². The van der Waals surface area contributed by atoms with Gasteiger partial charge in [0.1, 0.15) is 6.10 Å². The number of methoxy groups -OCH3 is 3. The zero-order valence-electron chi connectivity index (χ0n) is 14.8. The number of rotatable bonds is 3. The molecule has 0 saturated carbocycles. The summed E-state index contributed by atoms with van der Waals surface area (Å²) in [7, 11) is 4.47. The maximum Gasteiger partial charge on any atom is 0.295 e. The van der Waals surface area contributed by atoms with E-state index in [9.17, 15) is 14.4 Å². The molecule has 7 heteroatoms. The predicted molar refractivity (Wildman–Crippen MR) is 90.4 cm³/mol. The number of ether oxygens (including phenoxy) is 3. The number of benzene rings is 1. The molecule has 0 unspecified atom stereocenters. The van der Waals surface area contributed by atoms with Gasteiger partial charge in [-0.2, -0.15) is 0 Å². The van der Waals surface area contributed by atoms with Crippen LogP contribution in [0.1, 0.15) is 28.8 Å². The molecule has 1 fully saturated rings. The van der Waals surface area contributed by atoms with Crippen molar-refractivity contribution < 1.29 is 28.6 Å². The predicted octanol–water partition coefficient (Wildman–Crippen LogP) is 1.24. The average molecular weight is 357 g/mol. The summed E-state index contributed by atoms with van der Waals surface area (Å²) < 4.78 is 16.1. The molecular weight excluding hydrogens is 338 g/mol. The van der Waals surface area contributed by atoms with E-state index < -0.39 is 23.3 Å². The molecule has 0 N–H and O–H groups in total. The second kappa shape index (κ2) is 5.67. The third-order valence-electron chi connectivity index (χ3n) is 5.65. The lowest BCUT2D eigenvalue weighted by Gasteiger charge is -2.46. The summed E-state index contributed by atoms with van der Waals surface area (Å²) in [5.74, 6) is -0.381. The fourth-order valence-corrected chi connectivity index (χ4v) is 4.42. The molecule has 2 aliphatic heterocycles. The highest BCUT2D eigenvalue weighted by molar-refractivity contribution is 6.44. The zero-order valence-corrected chi connectivity index (χ0v) is 14.8. The molecule has 1 aromatic rings. The van der Waals surface area contributed by atoms with Crippen LogP contribution in [0.15, 0.2) is 23.8 Å². The average Bonchev–Trinajstić information content (AvgIpc) is 3.03. The Morgan fingerprint density at radius 1 is 1.08 bits per heavy atom. The maximum absolute atomic E-state index is 12.8. The highest BCUT2D eigenvalue weighted by Gasteiger charge is 2.58. The van der Waals surface area contributed by atoms with Crippen molar-refractivity contribution in [3.05, 3.63) is 34.9 Å². The summed E-state index contributed by atoms with van der Waals surface area (Å²) in [5, 5.41) is 0. The number of hydrogen-bond donors (Lipinski definition) is 0. The van der Waals surface area contributed by atoms with E-state index in [0.717, 1.165) is 5.57 Å². The molecule has 1 aliphatic carbocycles. The molecular formula is C19H19NO6. The number of carbonyl (C=O) groups excluding carboxylic acids is 3. The van der Waals surface area contributed by atoms with Gasteiger partial charge in [0, 0.05) is 25.6 Å².